The minimum Gasteiger partial charge on any atom is -0.346 e. The van der Waals surface area contributed by atoms with Crippen LogP contribution >= 0.6 is 0 Å². The van der Waals surface area contributed by atoms with Crippen LogP contribution in [0.25, 0.3) is 0 Å². The maximum atomic E-state index is 13.7. The van der Waals surface area contributed by atoms with Crippen molar-refractivity contribution in [1.29, 1.82) is 0 Å². The largest absolute Gasteiger partial charge is 0.346 e. The Morgan fingerprint density at radius 1 is 1.38 bits per heavy atom. The van der Waals surface area contributed by atoms with E-state index in [2.05, 4.69) is 27.1 Å². The van der Waals surface area contributed by atoms with Crippen LogP contribution in [0.4, 0.5) is 4.39 Å². The van der Waals surface area contributed by atoms with Crippen LogP contribution in [-0.2, 0) is 6.54 Å². The summed E-state index contributed by atoms with van der Waals surface area (Å²) in [7, 11) is 0. The SMILES string of the molecule is NCC#Cc1ccc(F)c(C(=O)NCc2ccncn2)c1. The summed E-state index contributed by atoms with van der Waals surface area (Å²) in [5, 5.41) is 2.60. The summed E-state index contributed by atoms with van der Waals surface area (Å²) >= 11 is 0. The number of aromatic nitrogens is 2. The van der Waals surface area contributed by atoms with Gasteiger partial charge >= 0.3 is 0 Å². The lowest BCUT2D eigenvalue weighted by Gasteiger charge is -2.06. The monoisotopic (exact) mass is 284 g/mol. The summed E-state index contributed by atoms with van der Waals surface area (Å²) in [4.78, 5) is 19.7. The number of carbonyl (C=O) groups is 1. The molecule has 1 aromatic carbocycles. The molecule has 2 rings (SSSR count). The number of nitrogens with zero attached hydrogens (tertiary/aromatic N) is 2. The third kappa shape index (κ3) is 4.09. The van der Waals surface area contributed by atoms with E-state index in [9.17, 15) is 9.18 Å². The average molecular weight is 284 g/mol. The highest BCUT2D eigenvalue weighted by molar-refractivity contribution is 5.94. The number of hydrogen-bond donors (Lipinski definition) is 2. The average Bonchev–Trinajstić information content (AvgIpc) is 2.53. The minimum absolute atomic E-state index is 0.0622. The highest BCUT2D eigenvalue weighted by Gasteiger charge is 2.12. The maximum Gasteiger partial charge on any atom is 0.254 e. The van der Waals surface area contributed by atoms with Gasteiger partial charge < -0.3 is 11.1 Å². The first-order valence-corrected chi connectivity index (χ1v) is 6.22. The van der Waals surface area contributed by atoms with Crippen molar-refractivity contribution in [3.8, 4) is 11.8 Å². The lowest BCUT2D eigenvalue weighted by Crippen LogP contribution is -2.24. The number of benzene rings is 1. The second kappa shape index (κ2) is 7.12. The van der Waals surface area contributed by atoms with E-state index in [0.29, 0.717) is 11.3 Å². The Bertz CT molecular complexity index is 692. The van der Waals surface area contributed by atoms with Crippen molar-refractivity contribution < 1.29 is 9.18 Å². The van der Waals surface area contributed by atoms with E-state index < -0.39 is 11.7 Å². The maximum absolute atomic E-state index is 13.7. The summed E-state index contributed by atoms with van der Waals surface area (Å²) in [6.45, 7) is 0.395. The summed E-state index contributed by atoms with van der Waals surface area (Å²) in [5.74, 6) is 4.28. The van der Waals surface area contributed by atoms with Gasteiger partial charge in [-0.15, -0.1) is 0 Å². The van der Waals surface area contributed by atoms with Crippen LogP contribution in [-0.4, -0.2) is 22.4 Å². The molecule has 2 aromatic rings. The van der Waals surface area contributed by atoms with E-state index in [1.807, 2.05) is 0 Å². The molecule has 0 bridgehead atoms. The zero-order chi connectivity index (χ0) is 15.1. The van der Waals surface area contributed by atoms with Gasteiger partial charge in [0.05, 0.1) is 24.3 Å². The lowest BCUT2D eigenvalue weighted by molar-refractivity contribution is 0.0946. The van der Waals surface area contributed by atoms with Gasteiger partial charge in [-0.1, -0.05) is 11.8 Å². The fraction of sp³-hybridized carbons (Fsp3) is 0.133. The highest BCUT2D eigenvalue weighted by Crippen LogP contribution is 2.10. The van der Waals surface area contributed by atoms with E-state index in [0.717, 1.165) is 0 Å². The molecule has 0 unspecified atom stereocenters. The lowest BCUT2D eigenvalue weighted by atomic mass is 10.1. The standard InChI is InChI=1S/C15H13FN4O/c16-14-4-3-11(2-1-6-17)8-13(14)15(21)19-9-12-5-7-18-10-20-12/h3-5,7-8,10H,6,9,17H2,(H,19,21). The van der Waals surface area contributed by atoms with Gasteiger partial charge in [0.25, 0.3) is 5.91 Å². The van der Waals surface area contributed by atoms with Crippen LogP contribution in [0.3, 0.4) is 0 Å². The van der Waals surface area contributed by atoms with Crippen molar-refractivity contribution in [1.82, 2.24) is 15.3 Å². The molecule has 0 aliphatic rings. The Morgan fingerprint density at radius 3 is 2.95 bits per heavy atom. The Morgan fingerprint density at radius 2 is 2.24 bits per heavy atom. The van der Waals surface area contributed by atoms with Gasteiger partial charge in [-0.3, -0.25) is 4.79 Å². The second-order valence-corrected chi connectivity index (χ2v) is 4.08. The summed E-state index contributed by atoms with van der Waals surface area (Å²) in [5.41, 5.74) is 6.39. The number of amides is 1. The van der Waals surface area contributed by atoms with E-state index in [4.69, 9.17) is 5.73 Å². The molecular formula is C15H13FN4O. The van der Waals surface area contributed by atoms with E-state index in [-0.39, 0.29) is 18.7 Å². The molecule has 1 amide bonds. The molecule has 3 N–H and O–H groups in total. The van der Waals surface area contributed by atoms with E-state index >= 15 is 0 Å². The first kappa shape index (κ1) is 14.6. The van der Waals surface area contributed by atoms with Crippen LogP contribution < -0.4 is 11.1 Å². The summed E-state index contributed by atoms with van der Waals surface area (Å²) in [6.07, 6.45) is 2.95. The van der Waals surface area contributed by atoms with Gasteiger partial charge in [0.1, 0.15) is 12.1 Å². The molecule has 0 fully saturated rings. The predicted molar refractivity (Wildman–Crippen MR) is 75.5 cm³/mol. The van der Waals surface area contributed by atoms with Crippen LogP contribution in [0.15, 0.2) is 36.8 Å². The van der Waals surface area contributed by atoms with Gasteiger partial charge in [0.2, 0.25) is 0 Å². The molecule has 106 valence electrons. The topological polar surface area (TPSA) is 80.9 Å². The third-order valence-corrected chi connectivity index (χ3v) is 2.62. The molecule has 1 aromatic heterocycles. The van der Waals surface area contributed by atoms with Crippen LogP contribution in [0.1, 0.15) is 21.6 Å². The normalized spacial score (nSPS) is 9.62. The molecule has 0 radical (unpaired) electrons. The zero-order valence-electron chi connectivity index (χ0n) is 11.1. The third-order valence-electron chi connectivity index (χ3n) is 2.62. The molecule has 21 heavy (non-hydrogen) atoms. The first-order chi connectivity index (χ1) is 10.2. The van der Waals surface area contributed by atoms with Crippen molar-refractivity contribution in [3.63, 3.8) is 0 Å². The van der Waals surface area contributed by atoms with Gasteiger partial charge in [-0.25, -0.2) is 14.4 Å². The van der Waals surface area contributed by atoms with Crippen LogP contribution in [0, 0.1) is 17.7 Å². The molecule has 0 aliphatic heterocycles. The van der Waals surface area contributed by atoms with Crippen molar-refractivity contribution in [2.75, 3.05) is 6.54 Å². The molecule has 6 heteroatoms. The van der Waals surface area contributed by atoms with Gasteiger partial charge in [-0.05, 0) is 24.3 Å². The Labute approximate surface area is 121 Å². The fourth-order valence-electron chi connectivity index (χ4n) is 1.62. The van der Waals surface area contributed by atoms with Gasteiger partial charge in [0, 0.05) is 11.8 Å². The Balaban J connectivity index is 2.11. The Kier molecular flexibility index (Phi) is 4.96. The van der Waals surface area contributed by atoms with Gasteiger partial charge in [-0.2, -0.15) is 0 Å². The van der Waals surface area contributed by atoms with Crippen LogP contribution in [0.2, 0.25) is 0 Å². The number of halogens is 1. The fourth-order valence-corrected chi connectivity index (χ4v) is 1.62. The van der Waals surface area contributed by atoms with E-state index in [1.165, 1.54) is 24.5 Å². The molecule has 0 spiro atoms. The number of nitrogens with one attached hydrogen (secondary N) is 1. The van der Waals surface area contributed by atoms with Crippen molar-refractivity contribution >= 4 is 5.91 Å². The predicted octanol–water partition coefficient (Wildman–Crippen LogP) is 0.856. The molecule has 5 nitrogen and oxygen atoms in total. The molecule has 0 saturated carbocycles. The van der Waals surface area contributed by atoms with Gasteiger partial charge in [0.15, 0.2) is 0 Å². The van der Waals surface area contributed by atoms with Crippen molar-refractivity contribution in [2.24, 2.45) is 5.73 Å². The highest BCUT2D eigenvalue weighted by atomic mass is 19.1. The Hall–Kier alpha value is -2.78. The summed E-state index contributed by atoms with van der Waals surface area (Å²) < 4.78 is 13.7. The number of hydrogen-bond acceptors (Lipinski definition) is 4. The smallest absolute Gasteiger partial charge is 0.254 e. The molecular weight excluding hydrogens is 271 g/mol. The quantitative estimate of drug-likeness (QED) is 0.819. The molecule has 0 aliphatic carbocycles. The van der Waals surface area contributed by atoms with Crippen molar-refractivity contribution in [3.05, 3.63) is 59.4 Å². The molecule has 0 saturated heterocycles. The second-order valence-electron chi connectivity index (χ2n) is 4.08. The summed E-state index contributed by atoms with van der Waals surface area (Å²) in [6, 6.07) is 5.77. The number of carbonyl (C=O) groups excluding carboxylic acids is 1. The van der Waals surface area contributed by atoms with E-state index in [1.54, 1.807) is 12.3 Å². The minimum atomic E-state index is -0.603. The molecule has 0 atom stereocenters. The molecule has 1 heterocycles. The van der Waals surface area contributed by atoms with Crippen LogP contribution in [0.5, 0.6) is 0 Å². The number of nitrogens with two attached hydrogens (primary N) is 1. The first-order valence-electron chi connectivity index (χ1n) is 6.22. The van der Waals surface area contributed by atoms with Crippen molar-refractivity contribution in [2.45, 2.75) is 6.54 Å². The zero-order valence-corrected chi connectivity index (χ0v) is 11.1. The number of rotatable bonds is 3.